The average Bonchev–Trinajstić information content (AvgIpc) is 3.17. The highest BCUT2D eigenvalue weighted by Crippen LogP contribution is 2.25. The summed E-state index contributed by atoms with van der Waals surface area (Å²) >= 11 is 0. The van der Waals surface area contributed by atoms with E-state index in [1.807, 2.05) is 41.9 Å². The number of rotatable bonds is 4. The average molecular weight is 403 g/mol. The zero-order chi connectivity index (χ0) is 20.5. The van der Waals surface area contributed by atoms with Crippen LogP contribution in [0.4, 0.5) is 15.9 Å². The largest absolute Gasteiger partial charge is 0.368 e. The van der Waals surface area contributed by atoms with Crippen LogP contribution < -0.4 is 9.80 Å². The Morgan fingerprint density at radius 3 is 2.30 bits per heavy atom. The van der Waals surface area contributed by atoms with Crippen LogP contribution in [0.3, 0.4) is 0 Å². The summed E-state index contributed by atoms with van der Waals surface area (Å²) in [4.78, 5) is 13.8. The molecule has 0 N–H and O–H groups in total. The Morgan fingerprint density at radius 1 is 0.867 bits per heavy atom. The summed E-state index contributed by atoms with van der Waals surface area (Å²) in [6, 6.07) is 16.8. The second-order valence-electron chi connectivity index (χ2n) is 7.45. The van der Waals surface area contributed by atoms with Gasteiger partial charge in [-0.1, -0.05) is 35.5 Å². The van der Waals surface area contributed by atoms with Crippen molar-refractivity contribution in [1.29, 1.82) is 0 Å². The van der Waals surface area contributed by atoms with Gasteiger partial charge in [0.05, 0.1) is 6.54 Å². The molecule has 1 aliphatic rings. The lowest BCUT2D eigenvalue weighted by atomic mass is 10.2. The summed E-state index contributed by atoms with van der Waals surface area (Å²) in [7, 11) is 0. The van der Waals surface area contributed by atoms with Gasteiger partial charge in [0.15, 0.2) is 17.0 Å². The van der Waals surface area contributed by atoms with Crippen LogP contribution in [0.25, 0.3) is 11.2 Å². The molecule has 0 aliphatic carbocycles. The van der Waals surface area contributed by atoms with Crippen LogP contribution in [0.15, 0.2) is 54.6 Å². The first kappa shape index (κ1) is 18.5. The highest BCUT2D eigenvalue weighted by molar-refractivity contribution is 5.83. The lowest BCUT2D eigenvalue weighted by Crippen LogP contribution is -2.47. The lowest BCUT2D eigenvalue weighted by Gasteiger charge is -2.36. The van der Waals surface area contributed by atoms with Crippen molar-refractivity contribution in [2.24, 2.45) is 0 Å². The van der Waals surface area contributed by atoms with Crippen LogP contribution in [-0.4, -0.2) is 51.1 Å². The third kappa shape index (κ3) is 3.56. The quantitative estimate of drug-likeness (QED) is 0.522. The van der Waals surface area contributed by atoms with E-state index >= 15 is 0 Å². The first-order valence-corrected chi connectivity index (χ1v) is 10.0. The minimum absolute atomic E-state index is 0.213. The zero-order valence-corrected chi connectivity index (χ0v) is 16.7. The Kier molecular flexibility index (Phi) is 4.74. The summed E-state index contributed by atoms with van der Waals surface area (Å²) < 4.78 is 15.0. The maximum absolute atomic E-state index is 13.2. The van der Waals surface area contributed by atoms with Gasteiger partial charge in [0, 0.05) is 31.9 Å². The fourth-order valence-corrected chi connectivity index (χ4v) is 3.86. The van der Waals surface area contributed by atoms with Crippen LogP contribution in [0.1, 0.15) is 11.4 Å². The molecule has 3 heterocycles. The Morgan fingerprint density at radius 2 is 1.57 bits per heavy atom. The first-order chi connectivity index (χ1) is 14.7. The molecule has 152 valence electrons. The topological polar surface area (TPSA) is 63.0 Å². The number of aryl methyl sites for hydroxylation is 1. The van der Waals surface area contributed by atoms with Gasteiger partial charge in [-0.25, -0.2) is 19.0 Å². The Balaban J connectivity index is 1.39. The van der Waals surface area contributed by atoms with E-state index in [0.29, 0.717) is 12.4 Å². The molecule has 2 aromatic carbocycles. The number of hydrogen-bond acceptors (Lipinski definition) is 6. The van der Waals surface area contributed by atoms with E-state index in [1.165, 1.54) is 12.1 Å². The fraction of sp³-hybridized carbons (Fsp3) is 0.273. The number of halogens is 1. The normalized spacial score (nSPS) is 14.5. The predicted molar refractivity (Wildman–Crippen MR) is 114 cm³/mol. The molecule has 0 atom stereocenters. The number of aromatic nitrogens is 5. The molecule has 0 amide bonds. The van der Waals surface area contributed by atoms with Crippen LogP contribution >= 0.6 is 0 Å². The molecule has 30 heavy (non-hydrogen) atoms. The number of fused-ring (bicyclic) bond motifs is 1. The molecule has 1 aliphatic heterocycles. The van der Waals surface area contributed by atoms with E-state index in [9.17, 15) is 4.39 Å². The first-order valence-electron chi connectivity index (χ1n) is 10.0. The number of nitrogens with zero attached hydrogens (tertiary/aromatic N) is 7. The smallest absolute Gasteiger partial charge is 0.184 e. The van der Waals surface area contributed by atoms with Gasteiger partial charge < -0.3 is 9.80 Å². The molecule has 2 aromatic heterocycles. The summed E-state index contributed by atoms with van der Waals surface area (Å²) in [5.41, 5.74) is 3.66. The van der Waals surface area contributed by atoms with Crippen molar-refractivity contribution in [3.8, 4) is 0 Å². The van der Waals surface area contributed by atoms with Crippen molar-refractivity contribution in [3.63, 3.8) is 0 Å². The van der Waals surface area contributed by atoms with Gasteiger partial charge in [-0.15, -0.1) is 5.10 Å². The van der Waals surface area contributed by atoms with E-state index in [0.717, 1.165) is 54.4 Å². The number of piperazine rings is 1. The van der Waals surface area contributed by atoms with E-state index in [-0.39, 0.29) is 5.82 Å². The van der Waals surface area contributed by atoms with Crippen LogP contribution in [-0.2, 0) is 6.54 Å². The molecule has 8 heteroatoms. The van der Waals surface area contributed by atoms with E-state index < -0.39 is 0 Å². The maximum Gasteiger partial charge on any atom is 0.184 e. The molecule has 0 bridgehead atoms. The lowest BCUT2D eigenvalue weighted by molar-refractivity contribution is 0.624. The standard InChI is InChI=1S/C22H22FN7/c1-16-24-21(29-13-11-28(12-14-29)19-9-7-18(23)8-10-19)20-22(25-16)30(27-26-20)15-17-5-3-2-4-6-17/h2-10H,11-15H2,1H3. The molecule has 1 saturated heterocycles. The Hall–Kier alpha value is -3.55. The molecule has 0 saturated carbocycles. The van der Waals surface area contributed by atoms with Gasteiger partial charge in [0.2, 0.25) is 0 Å². The monoisotopic (exact) mass is 403 g/mol. The second-order valence-corrected chi connectivity index (χ2v) is 7.45. The van der Waals surface area contributed by atoms with Crippen molar-refractivity contribution in [3.05, 3.63) is 71.8 Å². The van der Waals surface area contributed by atoms with Gasteiger partial charge in [-0.2, -0.15) is 0 Å². The minimum Gasteiger partial charge on any atom is -0.368 e. The van der Waals surface area contributed by atoms with Gasteiger partial charge >= 0.3 is 0 Å². The predicted octanol–water partition coefficient (Wildman–Crippen LogP) is 3.04. The highest BCUT2D eigenvalue weighted by atomic mass is 19.1. The zero-order valence-electron chi connectivity index (χ0n) is 16.7. The number of anilines is 2. The van der Waals surface area contributed by atoms with E-state index in [4.69, 9.17) is 0 Å². The van der Waals surface area contributed by atoms with Crippen LogP contribution in [0.5, 0.6) is 0 Å². The molecule has 0 radical (unpaired) electrons. The maximum atomic E-state index is 13.2. The third-order valence-electron chi connectivity index (χ3n) is 5.40. The molecule has 5 rings (SSSR count). The van der Waals surface area contributed by atoms with Crippen molar-refractivity contribution >= 4 is 22.7 Å². The van der Waals surface area contributed by atoms with Gasteiger partial charge in [0.25, 0.3) is 0 Å². The Bertz CT molecular complexity index is 1150. The second kappa shape index (κ2) is 7.70. The number of hydrogen-bond donors (Lipinski definition) is 0. The summed E-state index contributed by atoms with van der Waals surface area (Å²) in [6.45, 7) is 5.77. The SMILES string of the molecule is Cc1nc(N2CCN(c3ccc(F)cc3)CC2)c2nnn(Cc3ccccc3)c2n1. The molecule has 0 spiro atoms. The molecule has 0 unspecified atom stereocenters. The van der Waals surface area contributed by atoms with Crippen LogP contribution in [0.2, 0.25) is 0 Å². The molecule has 7 nitrogen and oxygen atoms in total. The summed E-state index contributed by atoms with van der Waals surface area (Å²) in [5, 5.41) is 8.76. The molecular weight excluding hydrogens is 381 g/mol. The van der Waals surface area contributed by atoms with Gasteiger partial charge in [-0.3, -0.25) is 0 Å². The van der Waals surface area contributed by atoms with Crippen molar-refractivity contribution < 1.29 is 4.39 Å². The fourth-order valence-electron chi connectivity index (χ4n) is 3.86. The van der Waals surface area contributed by atoms with Crippen molar-refractivity contribution in [2.45, 2.75) is 13.5 Å². The van der Waals surface area contributed by atoms with E-state index in [1.54, 1.807) is 0 Å². The summed E-state index contributed by atoms with van der Waals surface area (Å²) in [6.07, 6.45) is 0. The third-order valence-corrected chi connectivity index (χ3v) is 5.40. The van der Waals surface area contributed by atoms with E-state index in [2.05, 4.69) is 42.2 Å². The minimum atomic E-state index is -0.213. The Labute approximate surface area is 173 Å². The molecule has 4 aromatic rings. The highest BCUT2D eigenvalue weighted by Gasteiger charge is 2.23. The van der Waals surface area contributed by atoms with Crippen molar-refractivity contribution in [1.82, 2.24) is 25.0 Å². The van der Waals surface area contributed by atoms with Gasteiger partial charge in [0.1, 0.15) is 11.6 Å². The molecular formula is C22H22FN7. The van der Waals surface area contributed by atoms with Gasteiger partial charge in [-0.05, 0) is 36.8 Å². The van der Waals surface area contributed by atoms with Crippen LogP contribution in [0, 0.1) is 12.7 Å². The van der Waals surface area contributed by atoms with Crippen molar-refractivity contribution in [2.75, 3.05) is 36.0 Å². The summed E-state index contributed by atoms with van der Waals surface area (Å²) in [5.74, 6) is 1.32. The molecule has 1 fully saturated rings. The number of benzene rings is 2.